The maximum Gasteiger partial charge on any atom is 1.00 e. The van der Waals surface area contributed by atoms with Gasteiger partial charge in [-0.1, -0.05) is 11.5 Å². The fraction of sp³-hybridized carbons (Fsp3) is 0.250. The van der Waals surface area contributed by atoms with Crippen LogP contribution in [0.15, 0.2) is 70.8 Å². The van der Waals surface area contributed by atoms with Gasteiger partial charge in [-0.25, -0.2) is 0 Å². The minimum absolute atomic E-state index is 0. The van der Waals surface area contributed by atoms with Crippen molar-refractivity contribution in [1.29, 1.82) is 0 Å². The van der Waals surface area contributed by atoms with Crippen LogP contribution in [0.1, 0.15) is 52.4 Å². The van der Waals surface area contributed by atoms with Gasteiger partial charge in [-0.3, -0.25) is 9.98 Å². The number of carbonyl (C=O) groups excluding carboxylic acids is 1. The Hall–Kier alpha value is -4.15. The molecule has 0 atom stereocenters. The number of methoxy groups -OCH3 is 2. The summed E-state index contributed by atoms with van der Waals surface area (Å²) in [5.74, 6) is 1.72. The molecule has 0 saturated heterocycles. The third-order valence-electron chi connectivity index (χ3n) is 9.28. The summed E-state index contributed by atoms with van der Waals surface area (Å²) < 4.78 is 11.0. The Balaban J connectivity index is 0.00000186. The molecule has 3 aromatic carbocycles. The summed E-state index contributed by atoms with van der Waals surface area (Å²) >= 11 is 0. The normalized spacial score (nSPS) is 13.9. The number of H-pyrrole nitrogens is 3. The number of rotatable bonds is 8. The Labute approximate surface area is 288 Å². The van der Waals surface area contributed by atoms with Gasteiger partial charge < -0.3 is 34.7 Å². The summed E-state index contributed by atoms with van der Waals surface area (Å²) in [7, 11) is 3.39. The van der Waals surface area contributed by atoms with Crippen LogP contribution in [0.3, 0.4) is 0 Å². The molecule has 5 heterocycles. The molecule has 2 aliphatic heterocycles. The van der Waals surface area contributed by atoms with E-state index in [0.717, 1.165) is 101 Å². The first kappa shape index (κ1) is 31.8. The minimum atomic E-state index is 0. The zero-order chi connectivity index (χ0) is 29.8. The standard InChI is InChI=1S/C36H32N5O3.Na.H2O/c1-43-22-4-6-24-26-9-11-37-33(35(26)40-31(24)16-22)14-21(29-18-39-30-8-3-20(19-42)13-28(29)30)15-34-36-27(10-12-38-34)25-7-5-23(44-2)17-32(25)41-36;;/h3-8,13,16-18,21,39-41H,9-12,14-15H2,1-2H3;;1H2/q-1;+1;/p-1. The summed E-state index contributed by atoms with van der Waals surface area (Å²) in [6, 6.07) is 18.1. The van der Waals surface area contributed by atoms with Crippen molar-refractivity contribution in [3.05, 3.63) is 94.4 Å². The third kappa shape index (κ3) is 5.37. The zero-order valence-electron chi connectivity index (χ0n) is 26.2. The number of nitrogens with zero attached hydrogens (tertiary/aromatic N) is 2. The van der Waals surface area contributed by atoms with Gasteiger partial charge >= 0.3 is 29.6 Å². The van der Waals surface area contributed by atoms with Crippen molar-refractivity contribution in [2.45, 2.75) is 31.6 Å². The predicted octanol–water partition coefficient (Wildman–Crippen LogP) is 3.39. The van der Waals surface area contributed by atoms with Crippen molar-refractivity contribution < 1.29 is 49.3 Å². The molecule has 0 bridgehead atoms. The second kappa shape index (κ2) is 12.9. The van der Waals surface area contributed by atoms with Crippen LogP contribution in [-0.2, 0) is 17.6 Å². The number of benzene rings is 3. The molecule has 0 radical (unpaired) electrons. The first-order chi connectivity index (χ1) is 21.6. The molecule has 10 heteroatoms. The van der Waals surface area contributed by atoms with E-state index in [1.54, 1.807) is 20.3 Å². The molecule has 4 N–H and O–H groups in total. The van der Waals surface area contributed by atoms with Crippen molar-refractivity contribution in [3.8, 4) is 11.5 Å². The van der Waals surface area contributed by atoms with E-state index in [1.165, 1.54) is 21.9 Å². The molecule has 46 heavy (non-hydrogen) atoms. The van der Waals surface area contributed by atoms with Gasteiger partial charge in [0.05, 0.1) is 43.3 Å². The number of fused-ring (bicyclic) bond motifs is 7. The maximum absolute atomic E-state index is 11.6. The summed E-state index contributed by atoms with van der Waals surface area (Å²) in [6.07, 6.45) is 7.40. The summed E-state index contributed by atoms with van der Waals surface area (Å²) in [5.41, 5.74) is 11.8. The SMILES string of the molecule is COc1ccc2c3c([nH]c2c1)C(CC(CC1=NCCc2c1[nH]c1cc(OC)ccc21)c1c[nH]c2ccc([C-]=O)cc12)=NCC3.[Na+].[OH-]. The quantitative estimate of drug-likeness (QED) is 0.177. The average Bonchev–Trinajstić information content (AvgIpc) is 3.77. The number of hydrogen-bond acceptors (Lipinski definition) is 6. The number of nitrogens with one attached hydrogen (secondary N) is 3. The van der Waals surface area contributed by atoms with Crippen LogP contribution >= 0.6 is 0 Å². The minimum Gasteiger partial charge on any atom is -0.870 e. The predicted molar refractivity (Wildman–Crippen MR) is 177 cm³/mol. The van der Waals surface area contributed by atoms with Crippen LogP contribution < -0.4 is 39.0 Å². The Morgan fingerprint density at radius 3 is 1.85 bits per heavy atom. The molecule has 0 spiro atoms. The number of aliphatic imine (C=N–C) groups is 2. The molecule has 0 amide bonds. The fourth-order valence-electron chi connectivity index (χ4n) is 7.13. The molecule has 2 aliphatic rings. The number of hydrogen-bond donors (Lipinski definition) is 3. The first-order valence-corrected chi connectivity index (χ1v) is 15.1. The van der Waals surface area contributed by atoms with Gasteiger partial charge in [0, 0.05) is 58.7 Å². The van der Waals surface area contributed by atoms with Gasteiger partial charge in [0.15, 0.2) is 0 Å². The van der Waals surface area contributed by atoms with E-state index in [2.05, 4.69) is 51.7 Å². The number of ether oxygens (including phenoxy) is 2. The first-order valence-electron chi connectivity index (χ1n) is 15.1. The van der Waals surface area contributed by atoms with Crippen LogP contribution in [0, 0.1) is 0 Å². The van der Waals surface area contributed by atoms with E-state index < -0.39 is 0 Å². The molecule has 8 rings (SSSR count). The zero-order valence-corrected chi connectivity index (χ0v) is 28.2. The third-order valence-corrected chi connectivity index (χ3v) is 9.28. The Kier molecular flexibility index (Phi) is 8.94. The summed E-state index contributed by atoms with van der Waals surface area (Å²) in [5, 5.41) is 3.47. The monoisotopic (exact) mass is 622 g/mol. The van der Waals surface area contributed by atoms with Crippen LogP contribution in [0.25, 0.3) is 32.7 Å². The smallest absolute Gasteiger partial charge is 0.870 e. The van der Waals surface area contributed by atoms with Crippen molar-refractivity contribution >= 4 is 50.4 Å². The van der Waals surface area contributed by atoms with Crippen LogP contribution in [0.2, 0.25) is 0 Å². The van der Waals surface area contributed by atoms with Crippen LogP contribution in [0.4, 0.5) is 0 Å². The van der Waals surface area contributed by atoms with E-state index in [4.69, 9.17) is 19.5 Å². The van der Waals surface area contributed by atoms with Crippen molar-refractivity contribution in [2.75, 3.05) is 27.3 Å². The molecule has 9 nitrogen and oxygen atoms in total. The van der Waals surface area contributed by atoms with Gasteiger partial charge in [0.1, 0.15) is 11.5 Å². The number of aromatic amines is 3. The molecule has 0 aliphatic carbocycles. The fourth-order valence-corrected chi connectivity index (χ4v) is 7.13. The molecular formula is C36H33N5NaO4-. The summed E-state index contributed by atoms with van der Waals surface area (Å²) in [6.45, 7) is 1.50. The van der Waals surface area contributed by atoms with Gasteiger partial charge in [-0.05, 0) is 72.6 Å². The molecule has 0 unspecified atom stereocenters. The van der Waals surface area contributed by atoms with Gasteiger partial charge in [-0.2, -0.15) is 17.7 Å². The van der Waals surface area contributed by atoms with Crippen LogP contribution in [0.5, 0.6) is 11.5 Å². The van der Waals surface area contributed by atoms with E-state index in [0.29, 0.717) is 5.56 Å². The van der Waals surface area contributed by atoms with Crippen LogP contribution in [-0.4, -0.2) is 65.4 Å². The second-order valence-corrected chi connectivity index (χ2v) is 11.6. The average molecular weight is 623 g/mol. The van der Waals surface area contributed by atoms with E-state index >= 15 is 0 Å². The molecule has 0 saturated carbocycles. The Bertz CT molecular complexity index is 2040. The molecule has 6 aromatic rings. The largest absolute Gasteiger partial charge is 1.00 e. The van der Waals surface area contributed by atoms with E-state index in [-0.39, 0.29) is 41.0 Å². The van der Waals surface area contributed by atoms with Gasteiger partial charge in [-0.15, -0.1) is 0 Å². The van der Waals surface area contributed by atoms with E-state index in [9.17, 15) is 4.79 Å². The van der Waals surface area contributed by atoms with Gasteiger partial charge in [0.25, 0.3) is 0 Å². The Morgan fingerprint density at radius 2 is 1.33 bits per heavy atom. The topological polar surface area (TPSA) is 138 Å². The summed E-state index contributed by atoms with van der Waals surface area (Å²) in [4.78, 5) is 32.6. The van der Waals surface area contributed by atoms with Gasteiger partial charge in [0.2, 0.25) is 0 Å². The Morgan fingerprint density at radius 1 is 0.761 bits per heavy atom. The maximum atomic E-state index is 11.6. The molecule has 228 valence electrons. The molecular weight excluding hydrogens is 589 g/mol. The van der Waals surface area contributed by atoms with Crippen molar-refractivity contribution in [1.82, 2.24) is 15.0 Å². The second-order valence-electron chi connectivity index (χ2n) is 11.6. The molecule has 0 fully saturated rings. The van der Waals surface area contributed by atoms with E-state index in [1.807, 2.05) is 24.3 Å². The number of aromatic nitrogens is 3. The van der Waals surface area contributed by atoms with Crippen molar-refractivity contribution in [3.63, 3.8) is 0 Å². The van der Waals surface area contributed by atoms with Crippen molar-refractivity contribution in [2.24, 2.45) is 9.98 Å². The molecule has 3 aromatic heterocycles.